The van der Waals surface area contributed by atoms with Gasteiger partial charge in [-0.3, -0.25) is 14.9 Å². The first-order valence-corrected chi connectivity index (χ1v) is 6.32. The fraction of sp³-hybridized carbons (Fsp3) is 0.0667. The number of nitro benzene ring substituents is 1. The molecule has 2 aromatic rings. The van der Waals surface area contributed by atoms with Crippen LogP contribution in [0.4, 0.5) is 5.69 Å². The van der Waals surface area contributed by atoms with Crippen LogP contribution in [0.1, 0.15) is 15.9 Å². The van der Waals surface area contributed by atoms with Gasteiger partial charge in [0.05, 0.1) is 23.8 Å². The van der Waals surface area contributed by atoms with Gasteiger partial charge in [-0.1, -0.05) is 12.1 Å². The standard InChI is InChI=1S/C15H13N3O4/c1-22-13-8-6-11(7-9-13)15(19)17-16-10-12-4-2-3-5-14(12)18(20)21/h2-10H,1H3,(H,17,19)/b16-10+. The second-order valence-electron chi connectivity index (χ2n) is 4.24. The summed E-state index contributed by atoms with van der Waals surface area (Å²) in [4.78, 5) is 22.2. The highest BCUT2D eigenvalue weighted by Crippen LogP contribution is 2.15. The van der Waals surface area contributed by atoms with Crippen molar-refractivity contribution >= 4 is 17.8 Å². The number of benzene rings is 2. The summed E-state index contributed by atoms with van der Waals surface area (Å²) < 4.78 is 5.00. The first-order valence-electron chi connectivity index (χ1n) is 6.32. The molecule has 2 aromatic carbocycles. The van der Waals surface area contributed by atoms with E-state index in [1.807, 2.05) is 0 Å². The molecule has 112 valence electrons. The van der Waals surface area contributed by atoms with Gasteiger partial charge < -0.3 is 4.74 Å². The Balaban J connectivity index is 2.05. The Bertz CT molecular complexity index is 711. The van der Waals surface area contributed by atoms with Crippen molar-refractivity contribution in [1.29, 1.82) is 0 Å². The number of amides is 1. The van der Waals surface area contributed by atoms with Crippen molar-refractivity contribution in [3.05, 3.63) is 69.8 Å². The number of methoxy groups -OCH3 is 1. The van der Waals surface area contributed by atoms with Crippen molar-refractivity contribution in [2.45, 2.75) is 0 Å². The molecule has 0 fully saturated rings. The van der Waals surface area contributed by atoms with Crippen LogP contribution in [-0.2, 0) is 0 Å². The Morgan fingerprint density at radius 1 is 1.23 bits per heavy atom. The van der Waals surface area contributed by atoms with Gasteiger partial charge in [0, 0.05) is 11.6 Å². The lowest BCUT2D eigenvalue weighted by atomic mass is 10.2. The van der Waals surface area contributed by atoms with Crippen molar-refractivity contribution in [2.24, 2.45) is 5.10 Å². The van der Waals surface area contributed by atoms with Crippen LogP contribution in [0.25, 0.3) is 0 Å². The molecular formula is C15H13N3O4. The molecular weight excluding hydrogens is 286 g/mol. The van der Waals surface area contributed by atoms with Crippen LogP contribution in [0.3, 0.4) is 0 Å². The fourth-order valence-electron chi connectivity index (χ4n) is 1.73. The monoisotopic (exact) mass is 299 g/mol. The molecule has 0 atom stereocenters. The number of carbonyl (C=O) groups excluding carboxylic acids is 1. The predicted octanol–water partition coefficient (Wildman–Crippen LogP) is 2.37. The molecule has 7 nitrogen and oxygen atoms in total. The van der Waals surface area contributed by atoms with E-state index in [2.05, 4.69) is 10.5 Å². The normalized spacial score (nSPS) is 10.4. The topological polar surface area (TPSA) is 93.8 Å². The molecule has 0 heterocycles. The average Bonchev–Trinajstić information content (AvgIpc) is 2.55. The molecule has 22 heavy (non-hydrogen) atoms. The smallest absolute Gasteiger partial charge is 0.278 e. The number of hydrogen-bond donors (Lipinski definition) is 1. The first-order chi connectivity index (χ1) is 10.6. The molecule has 2 rings (SSSR count). The highest BCUT2D eigenvalue weighted by Gasteiger charge is 2.10. The Morgan fingerprint density at radius 2 is 1.91 bits per heavy atom. The summed E-state index contributed by atoms with van der Waals surface area (Å²) >= 11 is 0. The summed E-state index contributed by atoms with van der Waals surface area (Å²) in [6.45, 7) is 0. The summed E-state index contributed by atoms with van der Waals surface area (Å²) in [5, 5.41) is 14.6. The van der Waals surface area contributed by atoms with E-state index < -0.39 is 10.8 Å². The van der Waals surface area contributed by atoms with E-state index >= 15 is 0 Å². The van der Waals surface area contributed by atoms with Crippen molar-refractivity contribution < 1.29 is 14.5 Å². The van der Waals surface area contributed by atoms with E-state index in [0.29, 0.717) is 16.9 Å². The van der Waals surface area contributed by atoms with E-state index in [0.717, 1.165) is 0 Å². The third-order valence-corrected chi connectivity index (χ3v) is 2.86. The number of nitro groups is 1. The van der Waals surface area contributed by atoms with Gasteiger partial charge in [0.15, 0.2) is 0 Å². The van der Waals surface area contributed by atoms with Crippen molar-refractivity contribution in [3.63, 3.8) is 0 Å². The second kappa shape index (κ2) is 6.98. The van der Waals surface area contributed by atoms with Gasteiger partial charge >= 0.3 is 0 Å². The van der Waals surface area contributed by atoms with Gasteiger partial charge in [-0.25, -0.2) is 5.43 Å². The predicted molar refractivity (Wildman–Crippen MR) is 81.2 cm³/mol. The van der Waals surface area contributed by atoms with Crippen molar-refractivity contribution in [1.82, 2.24) is 5.43 Å². The van der Waals surface area contributed by atoms with Crippen molar-refractivity contribution in [2.75, 3.05) is 7.11 Å². The average molecular weight is 299 g/mol. The quantitative estimate of drug-likeness (QED) is 0.521. The Hall–Kier alpha value is -3.22. The number of ether oxygens (including phenoxy) is 1. The van der Waals surface area contributed by atoms with E-state index in [4.69, 9.17) is 4.74 Å². The second-order valence-corrected chi connectivity index (χ2v) is 4.24. The van der Waals surface area contributed by atoms with E-state index in [1.165, 1.54) is 19.4 Å². The zero-order valence-corrected chi connectivity index (χ0v) is 11.7. The summed E-state index contributed by atoms with van der Waals surface area (Å²) in [6.07, 6.45) is 1.24. The number of hydrogen-bond acceptors (Lipinski definition) is 5. The van der Waals surface area contributed by atoms with E-state index in [1.54, 1.807) is 42.5 Å². The zero-order chi connectivity index (χ0) is 15.9. The Morgan fingerprint density at radius 3 is 2.55 bits per heavy atom. The molecule has 7 heteroatoms. The Labute approximate surface area is 126 Å². The van der Waals surface area contributed by atoms with Crippen LogP contribution in [0.5, 0.6) is 5.75 Å². The highest BCUT2D eigenvalue weighted by molar-refractivity contribution is 5.95. The minimum atomic E-state index is -0.507. The molecule has 0 unspecified atom stereocenters. The lowest BCUT2D eigenvalue weighted by molar-refractivity contribution is -0.385. The molecule has 0 saturated heterocycles. The number of para-hydroxylation sites is 1. The number of nitrogens with one attached hydrogen (secondary N) is 1. The minimum Gasteiger partial charge on any atom is -0.497 e. The lowest BCUT2D eigenvalue weighted by Gasteiger charge is -2.02. The van der Waals surface area contributed by atoms with Gasteiger partial charge in [-0.05, 0) is 30.3 Å². The molecule has 0 aliphatic heterocycles. The van der Waals surface area contributed by atoms with Gasteiger partial charge in [0.2, 0.25) is 0 Å². The maximum Gasteiger partial charge on any atom is 0.278 e. The SMILES string of the molecule is COc1ccc(C(=O)N/N=C/c2ccccc2[N+](=O)[O-])cc1. The van der Waals surface area contributed by atoms with Crippen molar-refractivity contribution in [3.8, 4) is 5.75 Å². The van der Waals surface area contributed by atoms with Crippen LogP contribution in [0.2, 0.25) is 0 Å². The summed E-state index contributed by atoms with van der Waals surface area (Å²) in [7, 11) is 1.53. The van der Waals surface area contributed by atoms with Crippen LogP contribution >= 0.6 is 0 Å². The zero-order valence-electron chi connectivity index (χ0n) is 11.7. The summed E-state index contributed by atoms with van der Waals surface area (Å²) in [5.74, 6) is 0.220. The van der Waals surface area contributed by atoms with Crippen LogP contribution in [0.15, 0.2) is 53.6 Å². The molecule has 0 aliphatic carbocycles. The number of hydrazone groups is 1. The molecule has 0 aromatic heterocycles. The number of carbonyl (C=O) groups is 1. The molecule has 0 radical (unpaired) electrons. The van der Waals surface area contributed by atoms with Gasteiger partial charge in [0.1, 0.15) is 5.75 Å². The third-order valence-electron chi connectivity index (χ3n) is 2.86. The summed E-state index contributed by atoms with van der Waals surface area (Å²) in [6, 6.07) is 12.6. The van der Waals surface area contributed by atoms with E-state index in [9.17, 15) is 14.9 Å². The third kappa shape index (κ3) is 3.66. The molecule has 0 spiro atoms. The van der Waals surface area contributed by atoms with Crippen LogP contribution in [-0.4, -0.2) is 24.2 Å². The minimum absolute atomic E-state index is 0.0788. The number of rotatable bonds is 5. The molecule has 1 N–H and O–H groups in total. The maximum atomic E-state index is 11.9. The van der Waals surface area contributed by atoms with Gasteiger partial charge in [-0.15, -0.1) is 0 Å². The number of nitrogens with zero attached hydrogens (tertiary/aromatic N) is 2. The van der Waals surface area contributed by atoms with Crippen LogP contribution in [0, 0.1) is 10.1 Å². The molecule has 0 bridgehead atoms. The van der Waals surface area contributed by atoms with Gasteiger partial charge in [-0.2, -0.15) is 5.10 Å². The molecule has 0 aliphatic rings. The van der Waals surface area contributed by atoms with Crippen LogP contribution < -0.4 is 10.2 Å². The fourth-order valence-corrected chi connectivity index (χ4v) is 1.73. The molecule has 0 saturated carbocycles. The maximum absolute atomic E-state index is 11.9. The molecule has 1 amide bonds. The van der Waals surface area contributed by atoms with E-state index in [-0.39, 0.29) is 5.69 Å². The summed E-state index contributed by atoms with van der Waals surface area (Å²) in [5.41, 5.74) is 2.95. The Kier molecular flexibility index (Phi) is 4.81. The lowest BCUT2D eigenvalue weighted by Crippen LogP contribution is -2.17. The highest BCUT2D eigenvalue weighted by atomic mass is 16.6. The largest absolute Gasteiger partial charge is 0.497 e. The first kappa shape index (κ1) is 15.2. The van der Waals surface area contributed by atoms with Gasteiger partial charge in [0.25, 0.3) is 11.6 Å².